The second-order valence-electron chi connectivity index (χ2n) is 4.95. The highest BCUT2D eigenvalue weighted by Crippen LogP contribution is 2.16. The first-order valence-electron chi connectivity index (χ1n) is 5.66. The molecular formula is C13H20F2N2. The van der Waals surface area contributed by atoms with E-state index in [-0.39, 0.29) is 5.54 Å². The Balaban J connectivity index is 2.73. The van der Waals surface area contributed by atoms with Gasteiger partial charge in [-0.2, -0.15) is 0 Å². The Labute approximate surface area is 102 Å². The molecule has 1 aromatic rings. The van der Waals surface area contributed by atoms with Crippen LogP contribution in [0.5, 0.6) is 0 Å². The van der Waals surface area contributed by atoms with Gasteiger partial charge in [0.05, 0.1) is 0 Å². The van der Waals surface area contributed by atoms with Crippen LogP contribution < -0.4 is 5.32 Å². The van der Waals surface area contributed by atoms with E-state index in [9.17, 15) is 8.78 Å². The lowest BCUT2D eigenvalue weighted by Gasteiger charge is -2.35. The van der Waals surface area contributed by atoms with Crippen molar-refractivity contribution >= 4 is 0 Å². The highest BCUT2D eigenvalue weighted by atomic mass is 19.2. The maximum atomic E-state index is 13.1. The molecular weight excluding hydrogens is 222 g/mol. The molecule has 0 saturated carbocycles. The van der Waals surface area contributed by atoms with Gasteiger partial charge in [-0.25, -0.2) is 8.78 Å². The minimum atomic E-state index is -0.800. The number of rotatable bonds is 5. The van der Waals surface area contributed by atoms with Crippen molar-refractivity contribution in [2.75, 3.05) is 20.6 Å². The lowest BCUT2D eigenvalue weighted by molar-refractivity contribution is 0.147. The molecule has 0 amide bonds. The Kier molecular flexibility index (Phi) is 4.60. The van der Waals surface area contributed by atoms with E-state index >= 15 is 0 Å². The fourth-order valence-corrected chi connectivity index (χ4v) is 1.69. The van der Waals surface area contributed by atoms with E-state index < -0.39 is 11.6 Å². The zero-order valence-electron chi connectivity index (χ0n) is 10.8. The summed E-state index contributed by atoms with van der Waals surface area (Å²) in [5.41, 5.74) is 0.732. The van der Waals surface area contributed by atoms with E-state index in [0.717, 1.165) is 12.1 Å². The van der Waals surface area contributed by atoms with Crippen LogP contribution in [0.3, 0.4) is 0 Å². The van der Waals surface area contributed by atoms with Gasteiger partial charge in [-0.1, -0.05) is 6.07 Å². The summed E-state index contributed by atoms with van der Waals surface area (Å²) in [4.78, 5) is 2.11. The molecule has 0 spiro atoms. The normalized spacial score (nSPS) is 12.2. The molecule has 0 saturated heterocycles. The molecule has 0 radical (unpaired) electrons. The van der Waals surface area contributed by atoms with Crippen molar-refractivity contribution in [3.05, 3.63) is 35.4 Å². The summed E-state index contributed by atoms with van der Waals surface area (Å²) in [6.45, 7) is 5.62. The summed E-state index contributed by atoms with van der Waals surface area (Å²) >= 11 is 0. The Morgan fingerprint density at radius 1 is 1.24 bits per heavy atom. The minimum Gasteiger partial charge on any atom is -0.318 e. The van der Waals surface area contributed by atoms with Crippen LogP contribution in [-0.4, -0.2) is 31.1 Å². The Bertz CT molecular complexity index is 378. The summed E-state index contributed by atoms with van der Waals surface area (Å²) in [6.07, 6.45) is 0. The molecule has 17 heavy (non-hydrogen) atoms. The van der Waals surface area contributed by atoms with Crippen LogP contribution in [-0.2, 0) is 6.54 Å². The molecule has 0 fully saturated rings. The van der Waals surface area contributed by atoms with E-state index in [1.165, 1.54) is 12.1 Å². The number of hydrogen-bond acceptors (Lipinski definition) is 2. The number of hydrogen-bond donors (Lipinski definition) is 1. The number of halogens is 2. The predicted octanol–water partition coefficient (Wildman–Crippen LogP) is 2.39. The zero-order valence-corrected chi connectivity index (χ0v) is 10.8. The molecule has 0 aromatic heterocycles. The summed E-state index contributed by atoms with van der Waals surface area (Å²) in [5.74, 6) is -1.59. The first-order chi connectivity index (χ1) is 7.86. The summed E-state index contributed by atoms with van der Waals surface area (Å²) in [7, 11) is 3.87. The molecule has 96 valence electrons. The van der Waals surface area contributed by atoms with Crippen LogP contribution in [0.1, 0.15) is 19.4 Å². The van der Waals surface area contributed by atoms with Gasteiger partial charge in [0, 0.05) is 18.6 Å². The van der Waals surface area contributed by atoms with Crippen molar-refractivity contribution in [2.45, 2.75) is 25.9 Å². The SMILES string of the molecule is CNCC(C)(C)N(C)Cc1ccc(F)c(F)c1. The topological polar surface area (TPSA) is 15.3 Å². The maximum absolute atomic E-state index is 13.1. The van der Waals surface area contributed by atoms with E-state index in [0.29, 0.717) is 6.54 Å². The number of nitrogens with one attached hydrogen (secondary N) is 1. The highest BCUT2D eigenvalue weighted by molar-refractivity contribution is 5.17. The third kappa shape index (κ3) is 3.75. The second kappa shape index (κ2) is 5.56. The van der Waals surface area contributed by atoms with E-state index in [2.05, 4.69) is 24.1 Å². The van der Waals surface area contributed by atoms with Crippen LogP contribution in [0.15, 0.2) is 18.2 Å². The molecule has 4 heteroatoms. The number of benzene rings is 1. The van der Waals surface area contributed by atoms with Crippen LogP contribution in [0, 0.1) is 11.6 Å². The fraction of sp³-hybridized carbons (Fsp3) is 0.538. The fourth-order valence-electron chi connectivity index (χ4n) is 1.69. The van der Waals surface area contributed by atoms with Gasteiger partial charge in [0.2, 0.25) is 0 Å². The molecule has 2 nitrogen and oxygen atoms in total. The van der Waals surface area contributed by atoms with Crippen molar-refractivity contribution in [3.63, 3.8) is 0 Å². The van der Waals surface area contributed by atoms with Gasteiger partial charge in [0.1, 0.15) is 0 Å². The average Bonchev–Trinajstić information content (AvgIpc) is 2.23. The van der Waals surface area contributed by atoms with Crippen LogP contribution in [0.2, 0.25) is 0 Å². The summed E-state index contributed by atoms with van der Waals surface area (Å²) in [6, 6.07) is 4.04. The summed E-state index contributed by atoms with van der Waals surface area (Å²) in [5, 5.41) is 3.12. The maximum Gasteiger partial charge on any atom is 0.159 e. The number of likely N-dealkylation sites (N-methyl/N-ethyl adjacent to an activating group) is 2. The molecule has 0 aliphatic rings. The van der Waals surface area contributed by atoms with Crippen LogP contribution in [0.4, 0.5) is 8.78 Å². The first-order valence-corrected chi connectivity index (χ1v) is 5.66. The Morgan fingerprint density at radius 2 is 1.88 bits per heavy atom. The second-order valence-corrected chi connectivity index (χ2v) is 4.95. The molecule has 0 aliphatic heterocycles. The van der Waals surface area contributed by atoms with Gasteiger partial charge >= 0.3 is 0 Å². The van der Waals surface area contributed by atoms with Crippen molar-refractivity contribution in [1.82, 2.24) is 10.2 Å². The monoisotopic (exact) mass is 242 g/mol. The highest BCUT2D eigenvalue weighted by Gasteiger charge is 2.22. The molecule has 0 unspecified atom stereocenters. The molecule has 0 heterocycles. The number of nitrogens with zero attached hydrogens (tertiary/aromatic N) is 1. The Morgan fingerprint density at radius 3 is 2.41 bits per heavy atom. The quantitative estimate of drug-likeness (QED) is 0.853. The molecule has 0 bridgehead atoms. The smallest absolute Gasteiger partial charge is 0.159 e. The van der Waals surface area contributed by atoms with Crippen molar-refractivity contribution < 1.29 is 8.78 Å². The van der Waals surface area contributed by atoms with Gasteiger partial charge in [0.15, 0.2) is 11.6 Å². The minimum absolute atomic E-state index is 0.0421. The Hall–Kier alpha value is -1.00. The van der Waals surface area contributed by atoms with Crippen molar-refractivity contribution in [3.8, 4) is 0 Å². The summed E-state index contributed by atoms with van der Waals surface area (Å²) < 4.78 is 25.9. The third-order valence-corrected chi connectivity index (χ3v) is 3.05. The van der Waals surface area contributed by atoms with Crippen LogP contribution >= 0.6 is 0 Å². The van der Waals surface area contributed by atoms with Gasteiger partial charge in [-0.15, -0.1) is 0 Å². The lowest BCUT2D eigenvalue weighted by Crippen LogP contribution is -2.47. The van der Waals surface area contributed by atoms with Gasteiger partial charge in [0.25, 0.3) is 0 Å². The molecule has 0 aliphatic carbocycles. The van der Waals surface area contributed by atoms with Gasteiger partial charge in [-0.3, -0.25) is 4.90 Å². The molecule has 0 atom stereocenters. The molecule has 1 N–H and O–H groups in total. The molecule has 1 aromatic carbocycles. The zero-order chi connectivity index (χ0) is 13.1. The largest absolute Gasteiger partial charge is 0.318 e. The van der Waals surface area contributed by atoms with Crippen molar-refractivity contribution in [2.24, 2.45) is 0 Å². The van der Waals surface area contributed by atoms with Gasteiger partial charge in [-0.05, 0) is 45.6 Å². The third-order valence-electron chi connectivity index (χ3n) is 3.05. The van der Waals surface area contributed by atoms with Crippen molar-refractivity contribution in [1.29, 1.82) is 0 Å². The van der Waals surface area contributed by atoms with Crippen LogP contribution in [0.25, 0.3) is 0 Å². The first kappa shape index (κ1) is 14.1. The van der Waals surface area contributed by atoms with E-state index in [1.807, 2.05) is 14.1 Å². The van der Waals surface area contributed by atoms with E-state index in [1.54, 1.807) is 6.07 Å². The van der Waals surface area contributed by atoms with E-state index in [4.69, 9.17) is 0 Å². The average molecular weight is 242 g/mol. The predicted molar refractivity (Wildman–Crippen MR) is 65.8 cm³/mol. The van der Waals surface area contributed by atoms with Gasteiger partial charge < -0.3 is 5.32 Å². The standard InChI is InChI=1S/C13H20F2N2/c1-13(2,9-16-3)17(4)8-10-5-6-11(14)12(15)7-10/h5-7,16H,8-9H2,1-4H3. The lowest BCUT2D eigenvalue weighted by atomic mass is 10.0. The molecule has 1 rings (SSSR count).